The maximum atomic E-state index is 12.6. The van der Waals surface area contributed by atoms with Crippen LogP contribution in [0.5, 0.6) is 0 Å². The number of ketones is 2. The summed E-state index contributed by atoms with van der Waals surface area (Å²) in [6, 6.07) is 10.5. The number of benzene rings is 1. The van der Waals surface area contributed by atoms with Gasteiger partial charge in [-0.25, -0.2) is 0 Å². The average molecular weight is 331 g/mol. The third-order valence-corrected chi connectivity index (χ3v) is 4.82. The first kappa shape index (κ1) is 16.0. The van der Waals surface area contributed by atoms with Crippen LogP contribution in [0.25, 0.3) is 0 Å². The van der Waals surface area contributed by atoms with Crippen LogP contribution in [0, 0.1) is 5.92 Å². The van der Waals surface area contributed by atoms with Crippen LogP contribution >= 0.6 is 11.6 Å². The van der Waals surface area contributed by atoms with E-state index in [0.717, 1.165) is 25.0 Å². The largest absolute Gasteiger partial charge is 0.469 e. The molecule has 0 unspecified atom stereocenters. The van der Waals surface area contributed by atoms with Gasteiger partial charge >= 0.3 is 0 Å². The van der Waals surface area contributed by atoms with Crippen molar-refractivity contribution in [1.29, 1.82) is 0 Å². The number of halogens is 1. The second-order valence-electron chi connectivity index (χ2n) is 6.07. The summed E-state index contributed by atoms with van der Waals surface area (Å²) in [5.74, 6) is 0.697. The molecule has 1 saturated carbocycles. The van der Waals surface area contributed by atoms with E-state index >= 15 is 0 Å². The van der Waals surface area contributed by atoms with Gasteiger partial charge in [-0.2, -0.15) is 0 Å². The number of carbonyl (C=O) groups excluding carboxylic acids is 2. The van der Waals surface area contributed by atoms with Crippen LogP contribution in [-0.2, 0) is 4.79 Å². The molecule has 0 radical (unpaired) electrons. The predicted molar refractivity (Wildman–Crippen MR) is 88.8 cm³/mol. The lowest BCUT2D eigenvalue weighted by molar-refractivity contribution is -0.125. The van der Waals surface area contributed by atoms with Crippen LogP contribution in [-0.4, -0.2) is 11.6 Å². The SMILES string of the molecule is O=C(C[C@H](c1ccco1)[C@@H]1CCCCC1=O)c1ccc(Cl)cc1. The molecule has 0 spiro atoms. The zero-order valence-electron chi connectivity index (χ0n) is 12.8. The first-order valence-electron chi connectivity index (χ1n) is 8.00. The number of hydrogen-bond donors (Lipinski definition) is 0. The van der Waals surface area contributed by atoms with Crippen LogP contribution in [0.1, 0.15) is 54.1 Å². The number of carbonyl (C=O) groups is 2. The lowest BCUT2D eigenvalue weighted by Gasteiger charge is -2.27. The molecule has 0 N–H and O–H groups in total. The fourth-order valence-corrected chi connectivity index (χ4v) is 3.46. The fourth-order valence-electron chi connectivity index (χ4n) is 3.33. The molecule has 0 bridgehead atoms. The van der Waals surface area contributed by atoms with Gasteiger partial charge in [0.05, 0.1) is 6.26 Å². The summed E-state index contributed by atoms with van der Waals surface area (Å²) in [4.78, 5) is 24.9. The minimum absolute atomic E-state index is 0.0152. The van der Waals surface area contributed by atoms with E-state index in [4.69, 9.17) is 16.0 Å². The van der Waals surface area contributed by atoms with Crippen molar-refractivity contribution in [1.82, 2.24) is 0 Å². The van der Waals surface area contributed by atoms with Crippen LogP contribution in [0.15, 0.2) is 47.1 Å². The molecule has 4 heteroatoms. The monoisotopic (exact) mass is 330 g/mol. The van der Waals surface area contributed by atoms with Gasteiger partial charge < -0.3 is 4.42 Å². The van der Waals surface area contributed by atoms with E-state index in [0.29, 0.717) is 17.0 Å². The van der Waals surface area contributed by atoms with Gasteiger partial charge in [-0.05, 0) is 49.2 Å². The Morgan fingerprint density at radius 2 is 2.00 bits per heavy atom. The van der Waals surface area contributed by atoms with Crippen molar-refractivity contribution in [3.63, 3.8) is 0 Å². The van der Waals surface area contributed by atoms with E-state index in [9.17, 15) is 9.59 Å². The van der Waals surface area contributed by atoms with Gasteiger partial charge in [-0.15, -0.1) is 0 Å². The van der Waals surface area contributed by atoms with Crippen molar-refractivity contribution in [2.45, 2.75) is 38.0 Å². The van der Waals surface area contributed by atoms with Gasteiger partial charge in [0, 0.05) is 35.3 Å². The van der Waals surface area contributed by atoms with E-state index in [1.54, 1.807) is 30.5 Å². The summed E-state index contributed by atoms with van der Waals surface area (Å²) >= 11 is 5.87. The molecule has 0 amide bonds. The molecule has 1 heterocycles. The summed E-state index contributed by atoms with van der Waals surface area (Å²) in [7, 11) is 0. The Hall–Kier alpha value is -1.87. The first-order valence-corrected chi connectivity index (χ1v) is 8.38. The van der Waals surface area contributed by atoms with E-state index in [2.05, 4.69) is 0 Å². The lowest BCUT2D eigenvalue weighted by Crippen LogP contribution is -2.27. The van der Waals surface area contributed by atoms with Crippen molar-refractivity contribution < 1.29 is 14.0 Å². The summed E-state index contributed by atoms with van der Waals surface area (Å²) < 4.78 is 5.53. The number of rotatable bonds is 5. The van der Waals surface area contributed by atoms with Crippen molar-refractivity contribution in [2.75, 3.05) is 0 Å². The number of Topliss-reactive ketones (excluding diaryl/α,β-unsaturated/α-hetero) is 2. The molecule has 120 valence electrons. The van der Waals surface area contributed by atoms with Gasteiger partial charge in [-0.3, -0.25) is 9.59 Å². The van der Waals surface area contributed by atoms with E-state index in [1.807, 2.05) is 12.1 Å². The minimum atomic E-state index is -0.180. The van der Waals surface area contributed by atoms with Gasteiger partial charge in [0.25, 0.3) is 0 Å². The summed E-state index contributed by atoms with van der Waals surface area (Å²) in [6.45, 7) is 0. The van der Waals surface area contributed by atoms with Crippen LogP contribution in [0.3, 0.4) is 0 Å². The van der Waals surface area contributed by atoms with Crippen LogP contribution < -0.4 is 0 Å². The van der Waals surface area contributed by atoms with Crippen LogP contribution in [0.4, 0.5) is 0 Å². The quantitative estimate of drug-likeness (QED) is 0.721. The normalized spacial score (nSPS) is 19.5. The smallest absolute Gasteiger partial charge is 0.163 e. The molecule has 1 fully saturated rings. The third kappa shape index (κ3) is 3.73. The standard InChI is InChI=1S/C19H19ClO3/c20-14-9-7-13(8-10-14)18(22)12-16(19-6-3-11-23-19)15-4-1-2-5-17(15)21/h3,6-11,15-16H,1-2,4-5,12H2/t15-,16-/m0/s1. The zero-order chi connectivity index (χ0) is 16.2. The molecule has 3 nitrogen and oxygen atoms in total. The second-order valence-corrected chi connectivity index (χ2v) is 6.51. The van der Waals surface area contributed by atoms with E-state index in [-0.39, 0.29) is 29.8 Å². The average Bonchev–Trinajstić information content (AvgIpc) is 3.08. The molecule has 3 rings (SSSR count). The molecule has 2 atom stereocenters. The first-order chi connectivity index (χ1) is 11.1. The highest BCUT2D eigenvalue weighted by Crippen LogP contribution is 2.37. The molecule has 1 aromatic heterocycles. The van der Waals surface area contributed by atoms with Crippen molar-refractivity contribution in [3.8, 4) is 0 Å². The topological polar surface area (TPSA) is 47.3 Å². The van der Waals surface area contributed by atoms with Gasteiger partial charge in [0.2, 0.25) is 0 Å². The Bertz CT molecular complexity index is 673. The Labute approximate surface area is 140 Å². The molecule has 1 aliphatic carbocycles. The van der Waals surface area contributed by atoms with Crippen molar-refractivity contribution in [3.05, 3.63) is 59.0 Å². The summed E-state index contributed by atoms with van der Waals surface area (Å²) in [5, 5.41) is 0.603. The predicted octanol–water partition coefficient (Wildman–Crippen LogP) is 5.05. The molecule has 2 aromatic rings. The van der Waals surface area contributed by atoms with E-state index in [1.165, 1.54) is 0 Å². The molecular formula is C19H19ClO3. The van der Waals surface area contributed by atoms with Gasteiger partial charge in [-0.1, -0.05) is 18.0 Å². The third-order valence-electron chi connectivity index (χ3n) is 4.57. The van der Waals surface area contributed by atoms with Crippen LogP contribution in [0.2, 0.25) is 5.02 Å². The summed E-state index contributed by atoms with van der Waals surface area (Å²) in [5.41, 5.74) is 0.620. The zero-order valence-corrected chi connectivity index (χ0v) is 13.6. The maximum Gasteiger partial charge on any atom is 0.163 e. The van der Waals surface area contributed by atoms with Gasteiger partial charge in [0.1, 0.15) is 11.5 Å². The Morgan fingerprint density at radius 3 is 2.65 bits per heavy atom. The van der Waals surface area contributed by atoms with Gasteiger partial charge in [0.15, 0.2) is 5.78 Å². The molecule has 0 aliphatic heterocycles. The highest BCUT2D eigenvalue weighted by molar-refractivity contribution is 6.30. The van der Waals surface area contributed by atoms with E-state index < -0.39 is 0 Å². The Kier molecular flexibility index (Phi) is 4.97. The Balaban J connectivity index is 1.82. The molecule has 23 heavy (non-hydrogen) atoms. The number of furan rings is 1. The van der Waals surface area contributed by atoms with Crippen molar-refractivity contribution in [2.24, 2.45) is 5.92 Å². The highest BCUT2D eigenvalue weighted by Gasteiger charge is 2.34. The molecular weight excluding hydrogens is 312 g/mol. The minimum Gasteiger partial charge on any atom is -0.469 e. The Morgan fingerprint density at radius 1 is 1.22 bits per heavy atom. The fraction of sp³-hybridized carbons (Fsp3) is 0.368. The summed E-state index contributed by atoms with van der Waals surface area (Å²) in [6.07, 6.45) is 5.30. The second kappa shape index (κ2) is 7.14. The number of hydrogen-bond acceptors (Lipinski definition) is 3. The molecule has 1 aromatic carbocycles. The molecule has 0 saturated heterocycles. The highest BCUT2D eigenvalue weighted by atomic mass is 35.5. The van der Waals surface area contributed by atoms with Crippen molar-refractivity contribution >= 4 is 23.2 Å². The lowest BCUT2D eigenvalue weighted by atomic mass is 9.75. The maximum absolute atomic E-state index is 12.6. The molecule has 1 aliphatic rings.